The van der Waals surface area contributed by atoms with Crippen LogP contribution >= 0.6 is 0 Å². The summed E-state index contributed by atoms with van der Waals surface area (Å²) in [6, 6.07) is 15.4. The Labute approximate surface area is 132 Å². The Morgan fingerprint density at radius 1 is 1.09 bits per heavy atom. The molecule has 0 spiro atoms. The van der Waals surface area contributed by atoms with Crippen molar-refractivity contribution < 1.29 is 14.4 Å². The topological polar surface area (TPSA) is 87.4 Å². The number of aromatic nitrogens is 1. The number of rotatable bonds is 3. The Balaban J connectivity index is 1.68. The number of urea groups is 1. The van der Waals surface area contributed by atoms with Gasteiger partial charge in [-0.25, -0.2) is 4.79 Å². The van der Waals surface area contributed by atoms with Crippen molar-refractivity contribution in [1.29, 1.82) is 0 Å². The monoisotopic (exact) mass is 309 g/mol. The van der Waals surface area contributed by atoms with E-state index in [0.717, 1.165) is 11.1 Å². The van der Waals surface area contributed by atoms with Gasteiger partial charge in [0.25, 0.3) is 0 Å². The van der Waals surface area contributed by atoms with Crippen molar-refractivity contribution in [3.63, 3.8) is 0 Å². The lowest BCUT2D eigenvalue weighted by Gasteiger charge is -2.08. The average molecular weight is 309 g/mol. The van der Waals surface area contributed by atoms with Crippen LogP contribution in [-0.2, 0) is 0 Å². The second-order valence-corrected chi connectivity index (χ2v) is 5.02. The molecule has 0 atom stereocenters. The third-order valence-electron chi connectivity index (χ3n) is 3.27. The van der Waals surface area contributed by atoms with E-state index >= 15 is 0 Å². The van der Waals surface area contributed by atoms with Crippen LogP contribution in [0.1, 0.15) is 5.56 Å². The molecule has 3 N–H and O–H groups in total. The molecule has 0 aliphatic carbocycles. The highest BCUT2D eigenvalue weighted by molar-refractivity contribution is 5.99. The van der Waals surface area contributed by atoms with Crippen LogP contribution in [0, 0.1) is 6.92 Å². The average Bonchev–Trinajstić information content (AvgIpc) is 2.99. The van der Waals surface area contributed by atoms with Crippen molar-refractivity contribution in [3.8, 4) is 17.1 Å². The summed E-state index contributed by atoms with van der Waals surface area (Å²) in [5.41, 5.74) is 2.24. The van der Waals surface area contributed by atoms with E-state index in [0.29, 0.717) is 17.3 Å². The number of anilines is 2. The van der Waals surface area contributed by atoms with Crippen LogP contribution in [0.4, 0.5) is 16.3 Å². The lowest BCUT2D eigenvalue weighted by molar-refractivity contribution is 0.262. The Hall–Kier alpha value is -3.28. The molecule has 0 fully saturated rings. The molecule has 0 aliphatic rings. The van der Waals surface area contributed by atoms with E-state index in [-0.39, 0.29) is 5.75 Å². The van der Waals surface area contributed by atoms with Gasteiger partial charge in [0, 0.05) is 17.3 Å². The molecular weight excluding hydrogens is 294 g/mol. The zero-order valence-electron chi connectivity index (χ0n) is 12.4. The minimum absolute atomic E-state index is 0.150. The highest BCUT2D eigenvalue weighted by Crippen LogP contribution is 2.23. The van der Waals surface area contributed by atoms with Gasteiger partial charge in [0.2, 0.25) is 0 Å². The summed E-state index contributed by atoms with van der Waals surface area (Å²) in [5, 5.41) is 18.5. The normalized spacial score (nSPS) is 10.3. The Kier molecular flexibility index (Phi) is 3.97. The van der Waals surface area contributed by atoms with Gasteiger partial charge in [0.1, 0.15) is 5.75 Å². The smallest absolute Gasteiger partial charge is 0.324 e. The predicted octanol–water partition coefficient (Wildman–Crippen LogP) is 4.00. The van der Waals surface area contributed by atoms with Crippen LogP contribution in [0.25, 0.3) is 11.3 Å². The first kappa shape index (κ1) is 14.6. The van der Waals surface area contributed by atoms with Gasteiger partial charge >= 0.3 is 6.03 Å². The molecule has 0 aliphatic heterocycles. The molecule has 0 saturated heterocycles. The maximum atomic E-state index is 12.0. The number of phenolic OH excluding ortho intramolecular Hbond substituents is 1. The first-order chi connectivity index (χ1) is 11.1. The quantitative estimate of drug-likeness (QED) is 0.638. The molecule has 0 unspecified atom stereocenters. The fourth-order valence-corrected chi connectivity index (χ4v) is 2.13. The van der Waals surface area contributed by atoms with Crippen molar-refractivity contribution in [3.05, 3.63) is 60.2 Å². The molecule has 0 bridgehead atoms. The summed E-state index contributed by atoms with van der Waals surface area (Å²) >= 11 is 0. The van der Waals surface area contributed by atoms with Crippen LogP contribution in [-0.4, -0.2) is 16.3 Å². The third-order valence-corrected chi connectivity index (χ3v) is 3.27. The van der Waals surface area contributed by atoms with Gasteiger partial charge in [0.15, 0.2) is 11.6 Å². The maximum Gasteiger partial charge on any atom is 0.324 e. The zero-order valence-corrected chi connectivity index (χ0v) is 12.4. The number of aromatic hydroxyl groups is 1. The van der Waals surface area contributed by atoms with Crippen LogP contribution in [0.2, 0.25) is 0 Å². The fourth-order valence-electron chi connectivity index (χ4n) is 2.13. The number of nitrogens with zero attached hydrogens (tertiary/aromatic N) is 1. The number of carbonyl (C=O) groups is 1. The van der Waals surface area contributed by atoms with E-state index < -0.39 is 6.03 Å². The molecule has 1 heterocycles. The maximum absolute atomic E-state index is 12.0. The van der Waals surface area contributed by atoms with Crippen molar-refractivity contribution >= 4 is 17.5 Å². The highest BCUT2D eigenvalue weighted by Gasteiger charge is 2.10. The van der Waals surface area contributed by atoms with Gasteiger partial charge in [-0.1, -0.05) is 35.5 Å². The lowest BCUT2D eigenvalue weighted by Crippen LogP contribution is -2.20. The number of amides is 2. The van der Waals surface area contributed by atoms with E-state index in [9.17, 15) is 9.90 Å². The molecule has 1 aromatic heterocycles. The Morgan fingerprint density at radius 2 is 1.87 bits per heavy atom. The van der Waals surface area contributed by atoms with E-state index in [1.807, 2.05) is 30.3 Å². The number of phenols is 1. The summed E-state index contributed by atoms with van der Waals surface area (Å²) in [4.78, 5) is 12.0. The van der Waals surface area contributed by atoms with E-state index in [2.05, 4.69) is 15.8 Å². The molecule has 23 heavy (non-hydrogen) atoms. The molecule has 116 valence electrons. The molecule has 6 heteroatoms. The van der Waals surface area contributed by atoms with Crippen LogP contribution < -0.4 is 10.6 Å². The minimum atomic E-state index is -0.438. The first-order valence-electron chi connectivity index (χ1n) is 7.01. The number of carbonyl (C=O) groups excluding carboxylic acids is 1. The number of aryl methyl sites for hydroxylation is 1. The number of hydrogen-bond acceptors (Lipinski definition) is 4. The second kappa shape index (κ2) is 6.23. The first-order valence-corrected chi connectivity index (χ1v) is 7.01. The minimum Gasteiger partial charge on any atom is -0.508 e. The van der Waals surface area contributed by atoms with Crippen molar-refractivity contribution in [2.24, 2.45) is 0 Å². The molecule has 3 aromatic rings. The molecule has 3 rings (SSSR count). The third kappa shape index (κ3) is 3.49. The van der Waals surface area contributed by atoms with Gasteiger partial charge in [-0.2, -0.15) is 0 Å². The predicted molar refractivity (Wildman–Crippen MR) is 87.4 cm³/mol. The summed E-state index contributed by atoms with van der Waals surface area (Å²) in [7, 11) is 0. The largest absolute Gasteiger partial charge is 0.508 e. The lowest BCUT2D eigenvalue weighted by atomic mass is 10.2. The van der Waals surface area contributed by atoms with Crippen LogP contribution in [0.3, 0.4) is 0 Å². The summed E-state index contributed by atoms with van der Waals surface area (Å²) in [6.07, 6.45) is 0. The van der Waals surface area contributed by atoms with Crippen LogP contribution in [0.15, 0.2) is 59.1 Å². The molecule has 0 radical (unpaired) electrons. The van der Waals surface area contributed by atoms with Crippen molar-refractivity contribution in [1.82, 2.24) is 5.16 Å². The van der Waals surface area contributed by atoms with E-state index in [1.54, 1.807) is 25.1 Å². The van der Waals surface area contributed by atoms with Gasteiger partial charge in [0.05, 0.1) is 0 Å². The van der Waals surface area contributed by atoms with Gasteiger partial charge in [-0.3, -0.25) is 5.32 Å². The summed E-state index contributed by atoms with van der Waals surface area (Å²) < 4.78 is 5.22. The van der Waals surface area contributed by atoms with Gasteiger partial charge in [-0.15, -0.1) is 0 Å². The molecular formula is C17H15N3O3. The molecule has 2 amide bonds. The summed E-state index contributed by atoms with van der Waals surface area (Å²) in [5.74, 6) is 1.04. The van der Waals surface area contributed by atoms with Crippen molar-refractivity contribution in [2.75, 3.05) is 10.6 Å². The Bertz CT molecular complexity index is 828. The fraction of sp³-hybridized carbons (Fsp3) is 0.0588. The molecule has 0 saturated carbocycles. The standard InChI is InChI=1S/C17H15N3O3/c1-11-9-13(21)7-8-14(11)18-17(22)19-16-10-15(23-20-16)12-5-3-2-4-6-12/h2-10,21H,1H3,(H2,18,19,20,22). The number of benzene rings is 2. The number of hydrogen-bond donors (Lipinski definition) is 3. The van der Waals surface area contributed by atoms with Gasteiger partial charge in [-0.05, 0) is 30.7 Å². The SMILES string of the molecule is Cc1cc(O)ccc1NC(=O)Nc1cc(-c2ccccc2)on1. The number of nitrogens with one attached hydrogen (secondary N) is 2. The van der Waals surface area contributed by atoms with E-state index in [1.165, 1.54) is 6.07 Å². The highest BCUT2D eigenvalue weighted by atomic mass is 16.5. The molecule has 2 aromatic carbocycles. The van der Waals surface area contributed by atoms with Crippen molar-refractivity contribution in [2.45, 2.75) is 6.92 Å². The zero-order chi connectivity index (χ0) is 16.2. The second-order valence-electron chi connectivity index (χ2n) is 5.02. The molecule has 6 nitrogen and oxygen atoms in total. The van der Waals surface area contributed by atoms with Gasteiger partial charge < -0.3 is 14.9 Å². The van der Waals surface area contributed by atoms with Crippen LogP contribution in [0.5, 0.6) is 5.75 Å². The summed E-state index contributed by atoms with van der Waals surface area (Å²) in [6.45, 7) is 1.79. The van der Waals surface area contributed by atoms with E-state index in [4.69, 9.17) is 4.52 Å². The Morgan fingerprint density at radius 3 is 2.61 bits per heavy atom.